The maximum absolute atomic E-state index is 12.9. The van der Waals surface area contributed by atoms with Crippen LogP contribution in [0.25, 0.3) is 0 Å². The van der Waals surface area contributed by atoms with E-state index in [2.05, 4.69) is 15.5 Å². The Bertz CT molecular complexity index is 713. The zero-order valence-electron chi connectivity index (χ0n) is 11.7. The fourth-order valence-electron chi connectivity index (χ4n) is 2.31. The predicted octanol–water partition coefficient (Wildman–Crippen LogP) is 1.51. The number of halogens is 1. The minimum Gasteiger partial charge on any atom is -0.315 e. The summed E-state index contributed by atoms with van der Waals surface area (Å²) in [4.78, 5) is 29.5. The molecule has 1 aromatic heterocycles. The summed E-state index contributed by atoms with van der Waals surface area (Å²) in [5, 5.41) is 6.06. The Hall–Kier alpha value is -2.77. The molecule has 114 valence electrons. The minimum atomic E-state index is -0.523. The molecule has 2 aromatic rings. The van der Waals surface area contributed by atoms with Crippen LogP contribution in [0.5, 0.6) is 0 Å². The van der Waals surface area contributed by atoms with E-state index in [0.717, 1.165) is 0 Å². The van der Waals surface area contributed by atoms with Gasteiger partial charge < -0.3 is 9.42 Å². The summed E-state index contributed by atoms with van der Waals surface area (Å²) in [6, 6.07) is 5.58. The second-order valence-corrected chi connectivity index (χ2v) is 5.02. The van der Waals surface area contributed by atoms with Crippen LogP contribution in [0, 0.1) is 18.7 Å². The molecular formula is C14H13FN4O3. The lowest BCUT2D eigenvalue weighted by molar-refractivity contribution is -0.122. The maximum atomic E-state index is 12.9. The first kappa shape index (κ1) is 14.2. The smallest absolute Gasteiger partial charge is 0.315 e. The minimum absolute atomic E-state index is 0.00943. The van der Waals surface area contributed by atoms with E-state index in [1.807, 2.05) is 0 Å². The quantitative estimate of drug-likeness (QED) is 0.928. The monoisotopic (exact) mass is 304 g/mol. The van der Waals surface area contributed by atoms with Crippen molar-refractivity contribution in [3.05, 3.63) is 35.9 Å². The molecule has 1 saturated heterocycles. The van der Waals surface area contributed by atoms with Crippen molar-refractivity contribution in [2.24, 2.45) is 5.92 Å². The van der Waals surface area contributed by atoms with E-state index in [9.17, 15) is 14.0 Å². The number of aromatic nitrogens is 2. The molecule has 2 heterocycles. The van der Waals surface area contributed by atoms with Gasteiger partial charge in [0.05, 0.1) is 5.92 Å². The van der Waals surface area contributed by atoms with Crippen molar-refractivity contribution in [1.82, 2.24) is 10.1 Å². The lowest BCUT2D eigenvalue weighted by Crippen LogP contribution is -2.28. The summed E-state index contributed by atoms with van der Waals surface area (Å²) >= 11 is 0. The summed E-state index contributed by atoms with van der Waals surface area (Å²) in [7, 11) is 0. The van der Waals surface area contributed by atoms with Gasteiger partial charge in [-0.15, -0.1) is 0 Å². The number of benzene rings is 1. The van der Waals surface area contributed by atoms with Crippen molar-refractivity contribution in [1.29, 1.82) is 0 Å². The maximum Gasteiger partial charge on any atom is 0.328 e. The highest BCUT2D eigenvalue weighted by atomic mass is 19.1. The third kappa shape index (κ3) is 2.80. The van der Waals surface area contributed by atoms with Gasteiger partial charge in [-0.05, 0) is 31.2 Å². The number of carbonyl (C=O) groups excluding carboxylic acids is 2. The van der Waals surface area contributed by atoms with E-state index in [1.54, 1.807) is 6.92 Å². The molecule has 22 heavy (non-hydrogen) atoms. The van der Waals surface area contributed by atoms with Crippen LogP contribution in [-0.4, -0.2) is 28.5 Å². The van der Waals surface area contributed by atoms with Crippen LogP contribution >= 0.6 is 0 Å². The molecule has 7 nitrogen and oxygen atoms in total. The normalized spacial score (nSPS) is 17.8. The van der Waals surface area contributed by atoms with Crippen molar-refractivity contribution in [3.63, 3.8) is 0 Å². The Balaban J connectivity index is 1.68. The molecule has 1 aliphatic rings. The van der Waals surface area contributed by atoms with Crippen LogP contribution in [0.3, 0.4) is 0 Å². The molecule has 0 radical (unpaired) electrons. The van der Waals surface area contributed by atoms with Crippen molar-refractivity contribution in [2.75, 3.05) is 16.8 Å². The highest BCUT2D eigenvalue weighted by Gasteiger charge is 2.35. The van der Waals surface area contributed by atoms with E-state index < -0.39 is 5.92 Å². The number of rotatable bonds is 3. The number of anilines is 2. The molecule has 1 atom stereocenters. The summed E-state index contributed by atoms with van der Waals surface area (Å²) in [5.74, 6) is -1.04. The van der Waals surface area contributed by atoms with Crippen molar-refractivity contribution in [3.8, 4) is 0 Å². The molecule has 3 rings (SSSR count). The van der Waals surface area contributed by atoms with E-state index >= 15 is 0 Å². The molecular weight excluding hydrogens is 291 g/mol. The zero-order valence-corrected chi connectivity index (χ0v) is 11.7. The first-order chi connectivity index (χ1) is 10.5. The molecule has 0 aliphatic carbocycles. The highest BCUT2D eigenvalue weighted by Crippen LogP contribution is 2.26. The SMILES string of the molecule is Cc1noc(NC(=O)[C@H]2CC(=O)N(c3ccc(F)cc3)C2)n1. The predicted molar refractivity (Wildman–Crippen MR) is 74.5 cm³/mol. The standard InChI is InChI=1S/C14H13FN4O3/c1-8-16-14(22-18-8)17-13(21)9-6-12(20)19(7-9)11-4-2-10(15)3-5-11/h2-5,9H,6-7H2,1H3,(H,16,17,18,21)/t9-/m0/s1. The summed E-state index contributed by atoms with van der Waals surface area (Å²) in [6.45, 7) is 1.86. The molecule has 0 unspecified atom stereocenters. The lowest BCUT2D eigenvalue weighted by Gasteiger charge is -2.16. The molecule has 0 bridgehead atoms. The number of nitrogens with zero attached hydrogens (tertiary/aromatic N) is 3. The fourth-order valence-corrected chi connectivity index (χ4v) is 2.31. The Morgan fingerprint density at radius 1 is 1.41 bits per heavy atom. The van der Waals surface area contributed by atoms with Gasteiger partial charge in [-0.2, -0.15) is 4.98 Å². The number of nitrogens with one attached hydrogen (secondary N) is 1. The Labute approximate surface area is 125 Å². The van der Waals surface area contributed by atoms with Gasteiger partial charge in [0.15, 0.2) is 5.82 Å². The molecule has 1 aromatic carbocycles. The molecule has 2 amide bonds. The number of hydrogen-bond donors (Lipinski definition) is 1. The summed E-state index contributed by atoms with van der Waals surface area (Å²) < 4.78 is 17.7. The van der Waals surface area contributed by atoms with Gasteiger partial charge in [0.2, 0.25) is 11.8 Å². The first-order valence-corrected chi connectivity index (χ1v) is 6.70. The summed E-state index contributed by atoms with van der Waals surface area (Å²) in [6.07, 6.45) is 0.0797. The van der Waals surface area contributed by atoms with Crippen LogP contribution in [0.1, 0.15) is 12.2 Å². The van der Waals surface area contributed by atoms with Gasteiger partial charge in [0.25, 0.3) is 0 Å². The number of carbonyl (C=O) groups is 2. The average molecular weight is 304 g/mol. The van der Waals surface area contributed by atoms with Crippen LogP contribution in [0.4, 0.5) is 16.1 Å². The number of hydrogen-bond acceptors (Lipinski definition) is 5. The van der Waals surface area contributed by atoms with Crippen molar-refractivity contribution >= 4 is 23.5 Å². The van der Waals surface area contributed by atoms with Crippen LogP contribution in [0.15, 0.2) is 28.8 Å². The highest BCUT2D eigenvalue weighted by molar-refractivity contribution is 6.02. The third-order valence-corrected chi connectivity index (χ3v) is 3.39. The second-order valence-electron chi connectivity index (χ2n) is 5.02. The molecule has 1 N–H and O–H groups in total. The molecule has 0 spiro atoms. The van der Waals surface area contributed by atoms with Gasteiger partial charge in [0, 0.05) is 18.7 Å². The second kappa shape index (κ2) is 5.55. The molecule has 0 saturated carbocycles. The van der Waals surface area contributed by atoms with Crippen molar-refractivity contribution in [2.45, 2.75) is 13.3 Å². The van der Waals surface area contributed by atoms with E-state index in [-0.39, 0.29) is 36.6 Å². The van der Waals surface area contributed by atoms with E-state index in [0.29, 0.717) is 11.5 Å². The number of amides is 2. The van der Waals surface area contributed by atoms with Gasteiger partial charge in [-0.3, -0.25) is 14.9 Å². The lowest BCUT2D eigenvalue weighted by atomic mass is 10.1. The largest absolute Gasteiger partial charge is 0.328 e. The molecule has 8 heteroatoms. The average Bonchev–Trinajstić information content (AvgIpc) is 3.06. The Morgan fingerprint density at radius 2 is 2.14 bits per heavy atom. The van der Waals surface area contributed by atoms with Crippen molar-refractivity contribution < 1.29 is 18.5 Å². The van der Waals surface area contributed by atoms with Crippen LogP contribution < -0.4 is 10.2 Å². The fraction of sp³-hybridized carbons (Fsp3) is 0.286. The van der Waals surface area contributed by atoms with Gasteiger partial charge in [-0.1, -0.05) is 5.16 Å². The third-order valence-electron chi connectivity index (χ3n) is 3.39. The Kier molecular flexibility index (Phi) is 3.58. The Morgan fingerprint density at radius 3 is 2.77 bits per heavy atom. The number of aryl methyl sites for hydroxylation is 1. The molecule has 1 fully saturated rings. The van der Waals surface area contributed by atoms with E-state index in [4.69, 9.17) is 4.52 Å². The zero-order chi connectivity index (χ0) is 15.7. The van der Waals surface area contributed by atoms with Gasteiger partial charge in [-0.25, -0.2) is 4.39 Å². The van der Waals surface area contributed by atoms with Gasteiger partial charge in [0.1, 0.15) is 5.82 Å². The summed E-state index contributed by atoms with van der Waals surface area (Å²) in [5.41, 5.74) is 0.565. The topological polar surface area (TPSA) is 88.3 Å². The van der Waals surface area contributed by atoms with Gasteiger partial charge >= 0.3 is 6.01 Å². The van der Waals surface area contributed by atoms with Crippen LogP contribution in [0.2, 0.25) is 0 Å². The van der Waals surface area contributed by atoms with Crippen LogP contribution in [-0.2, 0) is 9.59 Å². The first-order valence-electron chi connectivity index (χ1n) is 6.70. The molecule has 1 aliphatic heterocycles. The van der Waals surface area contributed by atoms with E-state index in [1.165, 1.54) is 29.2 Å².